The second-order valence-electron chi connectivity index (χ2n) is 4.43. The second-order valence-corrected chi connectivity index (χ2v) is 4.43. The molecule has 2 amide bonds. The molecule has 0 heterocycles. The lowest BCUT2D eigenvalue weighted by molar-refractivity contribution is -0.138. The third-order valence-electron chi connectivity index (χ3n) is 3.15. The van der Waals surface area contributed by atoms with Gasteiger partial charge in [-0.15, -0.1) is 0 Å². The van der Waals surface area contributed by atoms with Crippen LogP contribution in [0.5, 0.6) is 0 Å². The fraction of sp³-hybridized carbons (Fsp3) is 0.833. The molecule has 0 radical (unpaired) electrons. The van der Waals surface area contributed by atoms with Gasteiger partial charge in [-0.2, -0.15) is 0 Å². The van der Waals surface area contributed by atoms with E-state index in [0.717, 1.165) is 12.8 Å². The molecule has 0 aliphatic heterocycles. The van der Waals surface area contributed by atoms with Crippen molar-refractivity contribution >= 4 is 12.0 Å². The van der Waals surface area contributed by atoms with Crippen molar-refractivity contribution in [2.75, 3.05) is 13.6 Å². The Bertz CT molecular complexity index is 256. The molecule has 0 aromatic heterocycles. The highest BCUT2D eigenvalue weighted by Gasteiger charge is 2.16. The van der Waals surface area contributed by atoms with Gasteiger partial charge in [0.2, 0.25) is 0 Å². The van der Waals surface area contributed by atoms with Crippen molar-refractivity contribution in [3.8, 4) is 0 Å². The molecule has 0 aliphatic carbocycles. The van der Waals surface area contributed by atoms with Gasteiger partial charge >= 0.3 is 12.0 Å². The molecule has 100 valence electrons. The van der Waals surface area contributed by atoms with E-state index >= 15 is 0 Å². The average molecular weight is 244 g/mol. The minimum absolute atomic E-state index is 0.00165. The normalized spacial score (nSPS) is 13.9. The van der Waals surface area contributed by atoms with Gasteiger partial charge in [-0.3, -0.25) is 4.79 Å². The molecule has 0 aromatic rings. The third kappa shape index (κ3) is 6.14. The van der Waals surface area contributed by atoms with E-state index in [2.05, 4.69) is 5.32 Å². The zero-order chi connectivity index (χ0) is 13.4. The first-order valence-corrected chi connectivity index (χ1v) is 6.14. The number of carbonyl (C=O) groups is 2. The van der Waals surface area contributed by atoms with Crippen molar-refractivity contribution in [3.05, 3.63) is 0 Å². The fourth-order valence-electron chi connectivity index (χ4n) is 1.44. The summed E-state index contributed by atoms with van der Waals surface area (Å²) in [6.07, 6.45) is 1.75. The van der Waals surface area contributed by atoms with E-state index in [0.29, 0.717) is 6.54 Å². The first-order chi connectivity index (χ1) is 7.92. The Morgan fingerprint density at radius 2 is 1.88 bits per heavy atom. The van der Waals surface area contributed by atoms with Crippen LogP contribution in [0, 0.1) is 5.92 Å². The number of hydrogen-bond acceptors (Lipinski definition) is 2. The molecule has 0 saturated heterocycles. The van der Waals surface area contributed by atoms with E-state index in [1.807, 2.05) is 20.8 Å². The van der Waals surface area contributed by atoms with Gasteiger partial charge in [-0.25, -0.2) is 4.79 Å². The Hall–Kier alpha value is -1.26. The van der Waals surface area contributed by atoms with Crippen molar-refractivity contribution < 1.29 is 14.7 Å². The molecule has 0 fully saturated rings. The lowest BCUT2D eigenvalue weighted by Gasteiger charge is -2.25. The van der Waals surface area contributed by atoms with Crippen LogP contribution in [0.15, 0.2) is 0 Å². The summed E-state index contributed by atoms with van der Waals surface area (Å²) in [5, 5.41) is 11.5. The molecule has 0 spiro atoms. The summed E-state index contributed by atoms with van der Waals surface area (Å²) in [6, 6.07) is 0.0535. The van der Waals surface area contributed by atoms with Gasteiger partial charge in [-0.05, 0) is 19.3 Å². The highest BCUT2D eigenvalue weighted by atomic mass is 16.4. The minimum atomic E-state index is -0.818. The van der Waals surface area contributed by atoms with Crippen LogP contribution in [0.1, 0.15) is 40.0 Å². The van der Waals surface area contributed by atoms with E-state index in [4.69, 9.17) is 5.11 Å². The van der Waals surface area contributed by atoms with E-state index in [9.17, 15) is 9.59 Å². The lowest BCUT2D eigenvalue weighted by atomic mass is 10.0. The molecular formula is C12H24N2O3. The van der Waals surface area contributed by atoms with Crippen LogP contribution in [0.3, 0.4) is 0 Å². The van der Waals surface area contributed by atoms with Crippen LogP contribution in [0.2, 0.25) is 0 Å². The Balaban J connectivity index is 4.08. The summed E-state index contributed by atoms with van der Waals surface area (Å²) in [7, 11) is 1.75. The number of carboxylic acid groups (broad SMARTS) is 1. The fourth-order valence-corrected chi connectivity index (χ4v) is 1.44. The number of amides is 2. The van der Waals surface area contributed by atoms with E-state index in [1.165, 1.54) is 0 Å². The molecule has 2 N–H and O–H groups in total. The zero-order valence-electron chi connectivity index (χ0n) is 11.2. The van der Waals surface area contributed by atoms with Crippen molar-refractivity contribution in [1.82, 2.24) is 10.2 Å². The minimum Gasteiger partial charge on any atom is -0.481 e. The number of carboxylic acids is 1. The van der Waals surface area contributed by atoms with Gasteiger partial charge in [-0.1, -0.05) is 20.3 Å². The lowest BCUT2D eigenvalue weighted by Crippen LogP contribution is -2.43. The molecule has 0 aromatic carbocycles. The first kappa shape index (κ1) is 15.7. The molecule has 5 nitrogen and oxygen atoms in total. The third-order valence-corrected chi connectivity index (χ3v) is 3.15. The van der Waals surface area contributed by atoms with Crippen molar-refractivity contribution in [2.24, 2.45) is 5.92 Å². The van der Waals surface area contributed by atoms with Crippen LogP contribution in [-0.4, -0.2) is 41.6 Å². The SMILES string of the molecule is CCC(CNC(=O)N(C)C(C)CC)CC(=O)O. The highest BCUT2D eigenvalue weighted by Crippen LogP contribution is 2.07. The number of nitrogens with zero attached hydrogens (tertiary/aromatic N) is 1. The Morgan fingerprint density at radius 3 is 2.29 bits per heavy atom. The van der Waals surface area contributed by atoms with Crippen LogP contribution in [0.25, 0.3) is 0 Å². The maximum Gasteiger partial charge on any atom is 0.317 e. The highest BCUT2D eigenvalue weighted by molar-refractivity contribution is 5.74. The molecule has 0 rings (SSSR count). The van der Waals surface area contributed by atoms with E-state index < -0.39 is 5.97 Å². The number of carbonyl (C=O) groups excluding carboxylic acids is 1. The quantitative estimate of drug-likeness (QED) is 0.719. The van der Waals surface area contributed by atoms with E-state index in [1.54, 1.807) is 11.9 Å². The molecule has 0 bridgehead atoms. The Labute approximate surface area is 103 Å². The van der Waals surface area contributed by atoms with Gasteiger partial charge in [0.25, 0.3) is 0 Å². The van der Waals surface area contributed by atoms with Crippen molar-refractivity contribution in [3.63, 3.8) is 0 Å². The summed E-state index contributed by atoms with van der Waals surface area (Å²) in [5.41, 5.74) is 0. The summed E-state index contributed by atoms with van der Waals surface area (Å²) in [6.45, 7) is 6.35. The van der Waals surface area contributed by atoms with Crippen molar-refractivity contribution in [2.45, 2.75) is 46.1 Å². The predicted octanol–water partition coefficient (Wildman–Crippen LogP) is 1.93. The van der Waals surface area contributed by atoms with Gasteiger partial charge in [0, 0.05) is 26.1 Å². The second kappa shape index (κ2) is 7.92. The maximum absolute atomic E-state index is 11.7. The maximum atomic E-state index is 11.7. The molecule has 0 saturated carbocycles. The van der Waals surface area contributed by atoms with Crippen molar-refractivity contribution in [1.29, 1.82) is 0 Å². The van der Waals surface area contributed by atoms with Crippen LogP contribution in [0.4, 0.5) is 4.79 Å². The first-order valence-electron chi connectivity index (χ1n) is 6.14. The van der Waals surface area contributed by atoms with E-state index in [-0.39, 0.29) is 24.4 Å². The van der Waals surface area contributed by atoms with Gasteiger partial charge < -0.3 is 15.3 Å². The summed E-state index contributed by atoms with van der Waals surface area (Å²) < 4.78 is 0. The summed E-state index contributed by atoms with van der Waals surface area (Å²) in [5.74, 6) is -0.817. The van der Waals surface area contributed by atoms with Crippen LogP contribution >= 0.6 is 0 Å². The number of rotatable bonds is 7. The molecule has 5 heteroatoms. The molecular weight excluding hydrogens is 220 g/mol. The van der Waals surface area contributed by atoms with Crippen LogP contribution < -0.4 is 5.32 Å². The zero-order valence-corrected chi connectivity index (χ0v) is 11.2. The van der Waals surface area contributed by atoms with Gasteiger partial charge in [0.15, 0.2) is 0 Å². The Morgan fingerprint density at radius 1 is 1.29 bits per heavy atom. The number of hydrogen-bond donors (Lipinski definition) is 2. The molecule has 17 heavy (non-hydrogen) atoms. The predicted molar refractivity (Wildman–Crippen MR) is 66.9 cm³/mol. The Kier molecular flexibility index (Phi) is 7.34. The molecule has 0 aliphatic rings. The number of aliphatic carboxylic acids is 1. The van der Waals surface area contributed by atoms with Gasteiger partial charge in [0.1, 0.15) is 0 Å². The topological polar surface area (TPSA) is 69.6 Å². The molecule has 2 unspecified atom stereocenters. The standard InChI is InChI=1S/C12H24N2O3/c1-5-9(3)14(4)12(17)13-8-10(6-2)7-11(15)16/h9-10H,5-8H2,1-4H3,(H,13,17)(H,15,16). The smallest absolute Gasteiger partial charge is 0.317 e. The average Bonchev–Trinajstić information content (AvgIpc) is 2.31. The largest absolute Gasteiger partial charge is 0.481 e. The van der Waals surface area contributed by atoms with Crippen LogP contribution in [-0.2, 0) is 4.79 Å². The van der Waals surface area contributed by atoms with Gasteiger partial charge in [0.05, 0.1) is 0 Å². The molecule has 2 atom stereocenters. The number of urea groups is 1. The summed E-state index contributed by atoms with van der Waals surface area (Å²) >= 11 is 0. The summed E-state index contributed by atoms with van der Waals surface area (Å²) in [4.78, 5) is 23.9. The number of nitrogens with one attached hydrogen (secondary N) is 1. The monoisotopic (exact) mass is 244 g/mol.